The number of carbonyl (C=O) groups is 1. The number of piperazine rings is 1. The van der Waals surface area contributed by atoms with Crippen LogP contribution in [0.4, 0.5) is 0 Å². The fraction of sp³-hybridized carbons (Fsp3) is 0.562. The summed E-state index contributed by atoms with van der Waals surface area (Å²) < 4.78 is 0. The molecule has 110 valence electrons. The molecule has 4 heteroatoms. The molecule has 1 aliphatic heterocycles. The Morgan fingerprint density at radius 1 is 1.20 bits per heavy atom. The molecule has 1 fully saturated rings. The first-order chi connectivity index (χ1) is 9.61. The van der Waals surface area contributed by atoms with Crippen LogP contribution in [0.1, 0.15) is 18.1 Å². The third kappa shape index (κ3) is 3.58. The van der Waals surface area contributed by atoms with E-state index in [-0.39, 0.29) is 0 Å². The highest BCUT2D eigenvalue weighted by molar-refractivity contribution is 5.74. The van der Waals surface area contributed by atoms with Crippen molar-refractivity contribution in [2.24, 2.45) is 0 Å². The molecule has 20 heavy (non-hydrogen) atoms. The van der Waals surface area contributed by atoms with Crippen LogP contribution in [0.3, 0.4) is 0 Å². The second-order valence-corrected chi connectivity index (χ2v) is 5.52. The first kappa shape index (κ1) is 15.0. The molecule has 0 aromatic heterocycles. The summed E-state index contributed by atoms with van der Waals surface area (Å²) in [4.78, 5) is 16.0. The summed E-state index contributed by atoms with van der Waals surface area (Å²) >= 11 is 0. The summed E-state index contributed by atoms with van der Waals surface area (Å²) in [6.45, 7) is 5.67. The first-order valence-electron chi connectivity index (χ1n) is 7.34. The highest BCUT2D eigenvalue weighted by atomic mass is 16.4. The van der Waals surface area contributed by atoms with Gasteiger partial charge < -0.3 is 10.0 Å². The number of aliphatic carboxylic acids is 1. The highest BCUT2D eigenvalue weighted by Crippen LogP contribution is 2.16. The Balaban J connectivity index is 2.11. The Morgan fingerprint density at radius 3 is 2.35 bits per heavy atom. The van der Waals surface area contributed by atoms with E-state index in [2.05, 4.69) is 35.9 Å². The minimum absolute atomic E-state index is 0.406. The monoisotopic (exact) mass is 276 g/mol. The number of carboxylic acid groups (broad SMARTS) is 1. The average Bonchev–Trinajstić information content (AvgIpc) is 2.46. The van der Waals surface area contributed by atoms with Crippen molar-refractivity contribution in [2.45, 2.75) is 25.8 Å². The lowest BCUT2D eigenvalue weighted by Gasteiger charge is -2.36. The fourth-order valence-corrected chi connectivity index (χ4v) is 2.82. The molecule has 0 amide bonds. The van der Waals surface area contributed by atoms with Crippen LogP contribution in [-0.4, -0.2) is 60.1 Å². The quantitative estimate of drug-likeness (QED) is 0.885. The zero-order valence-electron chi connectivity index (χ0n) is 12.4. The van der Waals surface area contributed by atoms with E-state index in [0.29, 0.717) is 6.42 Å². The van der Waals surface area contributed by atoms with Gasteiger partial charge in [-0.2, -0.15) is 0 Å². The van der Waals surface area contributed by atoms with Gasteiger partial charge in [-0.3, -0.25) is 9.69 Å². The molecule has 0 saturated carbocycles. The molecule has 1 aromatic carbocycles. The van der Waals surface area contributed by atoms with E-state index in [1.165, 1.54) is 11.1 Å². The van der Waals surface area contributed by atoms with Gasteiger partial charge in [-0.05, 0) is 31.0 Å². The van der Waals surface area contributed by atoms with Gasteiger partial charge in [0.2, 0.25) is 0 Å². The van der Waals surface area contributed by atoms with Crippen LogP contribution >= 0.6 is 0 Å². The molecular formula is C16H24N2O2. The number of benzene rings is 1. The van der Waals surface area contributed by atoms with Crippen LogP contribution in [0, 0.1) is 0 Å². The van der Waals surface area contributed by atoms with Gasteiger partial charge in [-0.25, -0.2) is 0 Å². The molecule has 0 bridgehead atoms. The van der Waals surface area contributed by atoms with E-state index in [1.807, 2.05) is 12.1 Å². The van der Waals surface area contributed by atoms with Crippen LogP contribution in [-0.2, 0) is 17.6 Å². The van der Waals surface area contributed by atoms with Crippen molar-refractivity contribution in [1.82, 2.24) is 9.80 Å². The number of rotatable bonds is 5. The largest absolute Gasteiger partial charge is 0.480 e. The molecule has 1 saturated heterocycles. The third-order valence-corrected chi connectivity index (χ3v) is 4.18. The van der Waals surface area contributed by atoms with E-state index in [1.54, 1.807) is 0 Å². The second kappa shape index (κ2) is 6.86. The molecule has 1 aromatic rings. The summed E-state index contributed by atoms with van der Waals surface area (Å²) in [5.41, 5.74) is 2.43. The highest BCUT2D eigenvalue weighted by Gasteiger charge is 2.28. The smallest absolute Gasteiger partial charge is 0.321 e. The lowest BCUT2D eigenvalue weighted by Crippen LogP contribution is -2.52. The minimum Gasteiger partial charge on any atom is -0.480 e. The van der Waals surface area contributed by atoms with E-state index >= 15 is 0 Å². The zero-order valence-corrected chi connectivity index (χ0v) is 12.4. The maximum atomic E-state index is 11.6. The lowest BCUT2D eigenvalue weighted by atomic mass is 9.97. The van der Waals surface area contributed by atoms with Gasteiger partial charge in [0.1, 0.15) is 6.04 Å². The van der Waals surface area contributed by atoms with Crippen LogP contribution in [0.2, 0.25) is 0 Å². The van der Waals surface area contributed by atoms with E-state index in [9.17, 15) is 9.90 Å². The summed E-state index contributed by atoms with van der Waals surface area (Å²) in [5.74, 6) is -0.708. The number of aryl methyl sites for hydroxylation is 1. The second-order valence-electron chi connectivity index (χ2n) is 5.52. The maximum absolute atomic E-state index is 11.6. The van der Waals surface area contributed by atoms with E-state index in [4.69, 9.17) is 0 Å². The topological polar surface area (TPSA) is 43.8 Å². The van der Waals surface area contributed by atoms with Crippen molar-refractivity contribution in [2.75, 3.05) is 33.2 Å². The van der Waals surface area contributed by atoms with Crippen LogP contribution in [0.5, 0.6) is 0 Å². The molecule has 1 heterocycles. The van der Waals surface area contributed by atoms with Gasteiger partial charge in [-0.15, -0.1) is 0 Å². The van der Waals surface area contributed by atoms with E-state index in [0.717, 1.165) is 32.6 Å². The number of nitrogens with zero attached hydrogens (tertiary/aromatic N) is 2. The predicted octanol–water partition coefficient (Wildman–Crippen LogP) is 1.49. The number of likely N-dealkylation sites (N-methyl/N-ethyl adjacent to an activating group) is 1. The molecule has 2 rings (SSSR count). The predicted molar refractivity (Wildman–Crippen MR) is 80.0 cm³/mol. The van der Waals surface area contributed by atoms with Gasteiger partial charge >= 0.3 is 5.97 Å². The number of hydrogen-bond donors (Lipinski definition) is 1. The normalized spacial score (nSPS) is 18.9. The SMILES string of the molecule is CCc1ccccc1C[C@H](C(=O)O)N1CCN(C)CC1. The summed E-state index contributed by atoms with van der Waals surface area (Å²) in [6.07, 6.45) is 1.55. The Hall–Kier alpha value is -1.39. The van der Waals surface area contributed by atoms with Gasteiger partial charge in [0, 0.05) is 26.2 Å². The van der Waals surface area contributed by atoms with Gasteiger partial charge in [0.05, 0.1) is 0 Å². The van der Waals surface area contributed by atoms with Crippen LogP contribution < -0.4 is 0 Å². The maximum Gasteiger partial charge on any atom is 0.321 e. The Bertz CT molecular complexity index is 454. The molecule has 1 N–H and O–H groups in total. The molecule has 0 unspecified atom stereocenters. The van der Waals surface area contributed by atoms with Gasteiger partial charge in [0.25, 0.3) is 0 Å². The molecule has 1 aliphatic rings. The van der Waals surface area contributed by atoms with Crippen molar-refractivity contribution in [1.29, 1.82) is 0 Å². The fourth-order valence-electron chi connectivity index (χ4n) is 2.82. The molecular weight excluding hydrogens is 252 g/mol. The third-order valence-electron chi connectivity index (χ3n) is 4.18. The van der Waals surface area contributed by atoms with Crippen LogP contribution in [0.15, 0.2) is 24.3 Å². The van der Waals surface area contributed by atoms with E-state index < -0.39 is 12.0 Å². The average molecular weight is 276 g/mol. The van der Waals surface area contributed by atoms with Crippen molar-refractivity contribution in [3.63, 3.8) is 0 Å². The molecule has 0 aliphatic carbocycles. The van der Waals surface area contributed by atoms with Crippen molar-refractivity contribution in [3.8, 4) is 0 Å². The molecule has 4 nitrogen and oxygen atoms in total. The minimum atomic E-state index is -0.708. The Kier molecular flexibility index (Phi) is 5.15. The number of hydrogen-bond acceptors (Lipinski definition) is 3. The van der Waals surface area contributed by atoms with Crippen molar-refractivity contribution < 1.29 is 9.90 Å². The summed E-state index contributed by atoms with van der Waals surface area (Å²) in [7, 11) is 2.08. The summed E-state index contributed by atoms with van der Waals surface area (Å²) in [5, 5.41) is 9.56. The molecule has 1 atom stereocenters. The standard InChI is InChI=1S/C16H24N2O2/c1-3-13-6-4-5-7-14(13)12-15(16(19)20)18-10-8-17(2)9-11-18/h4-7,15H,3,8-12H2,1-2H3,(H,19,20)/t15-/m1/s1. The van der Waals surface area contributed by atoms with Crippen molar-refractivity contribution in [3.05, 3.63) is 35.4 Å². The first-order valence-corrected chi connectivity index (χ1v) is 7.34. The molecule has 0 spiro atoms. The van der Waals surface area contributed by atoms with Crippen LogP contribution in [0.25, 0.3) is 0 Å². The lowest BCUT2D eigenvalue weighted by molar-refractivity contribution is -0.144. The number of carboxylic acids is 1. The van der Waals surface area contributed by atoms with Gasteiger partial charge in [-0.1, -0.05) is 31.2 Å². The van der Waals surface area contributed by atoms with Gasteiger partial charge in [0.15, 0.2) is 0 Å². The Morgan fingerprint density at radius 2 is 1.80 bits per heavy atom. The summed E-state index contributed by atoms with van der Waals surface area (Å²) in [6, 6.07) is 7.77. The molecule has 0 radical (unpaired) electrons. The zero-order chi connectivity index (χ0) is 14.5. The van der Waals surface area contributed by atoms with Crippen molar-refractivity contribution >= 4 is 5.97 Å². The Labute approximate surface area is 121 Å².